The van der Waals surface area contributed by atoms with Crippen molar-refractivity contribution >= 4 is 17.6 Å². The number of hydrogen-bond acceptors (Lipinski definition) is 3. The van der Waals surface area contributed by atoms with E-state index in [-0.39, 0.29) is 5.82 Å². The van der Waals surface area contributed by atoms with Crippen molar-refractivity contribution in [3.05, 3.63) is 59.1 Å². The fourth-order valence-corrected chi connectivity index (χ4v) is 3.68. The topological polar surface area (TPSA) is 35.5 Å². The van der Waals surface area contributed by atoms with Crippen LogP contribution in [-0.2, 0) is 14.3 Å². The minimum Gasteiger partial charge on any atom is -0.499 e. The predicted octanol–water partition coefficient (Wildman–Crippen LogP) is 3.94. The zero-order valence-corrected chi connectivity index (χ0v) is 13.8. The van der Waals surface area contributed by atoms with Crippen LogP contribution >= 0.6 is 11.6 Å². The van der Waals surface area contributed by atoms with Crippen molar-refractivity contribution in [2.24, 2.45) is 5.92 Å². The van der Waals surface area contributed by atoms with E-state index in [0.29, 0.717) is 11.7 Å². The number of ether oxygens (including phenoxy) is 2. The van der Waals surface area contributed by atoms with Gasteiger partial charge in [0.05, 0.1) is 14.2 Å². The molecular weight excluding hydrogens is 319 g/mol. The van der Waals surface area contributed by atoms with Gasteiger partial charge in [0.1, 0.15) is 11.6 Å². The van der Waals surface area contributed by atoms with Crippen molar-refractivity contribution in [1.82, 2.24) is 0 Å². The molecule has 0 aliphatic heterocycles. The molecule has 5 heteroatoms. The Bertz CT molecular complexity index is 676. The number of hydrogen-bond donors (Lipinski definition) is 0. The lowest BCUT2D eigenvalue weighted by molar-refractivity contribution is -0.144. The first-order valence-electron chi connectivity index (χ1n) is 7.51. The molecule has 122 valence electrons. The third-order valence-electron chi connectivity index (χ3n) is 4.47. The molecule has 23 heavy (non-hydrogen) atoms. The summed E-state index contributed by atoms with van der Waals surface area (Å²) in [5.41, 5.74) is 1.84. The maximum absolute atomic E-state index is 13.3. The van der Waals surface area contributed by atoms with Crippen LogP contribution in [0.2, 0.25) is 0 Å². The zero-order valence-electron chi connectivity index (χ0n) is 13.0. The monoisotopic (exact) mass is 336 g/mol. The van der Waals surface area contributed by atoms with Gasteiger partial charge in [-0.15, -0.1) is 0 Å². The van der Waals surface area contributed by atoms with Gasteiger partial charge in [-0.3, -0.25) is 0 Å². The number of carbonyl (C=O) groups excluding carboxylic acids is 1. The molecule has 0 saturated heterocycles. The Morgan fingerprint density at radius 1 is 1.22 bits per heavy atom. The maximum Gasteiger partial charge on any atom is 0.335 e. The first-order valence-corrected chi connectivity index (χ1v) is 7.89. The fourth-order valence-electron chi connectivity index (χ4n) is 3.21. The molecule has 2 atom stereocenters. The summed E-state index contributed by atoms with van der Waals surface area (Å²) in [4.78, 5) is 11.0. The highest BCUT2D eigenvalue weighted by Crippen LogP contribution is 2.54. The molecule has 0 spiro atoms. The molecule has 3 nitrogen and oxygen atoms in total. The molecule has 1 aromatic carbocycles. The van der Waals surface area contributed by atoms with E-state index in [4.69, 9.17) is 21.1 Å². The maximum atomic E-state index is 13.3. The number of benzene rings is 1. The molecular formula is C18H18ClFO3. The second kappa shape index (κ2) is 6.00. The number of carbonyl (C=O) groups is 1. The number of methoxy groups -OCH3 is 2. The Kier molecular flexibility index (Phi) is 4.19. The number of allylic oxidation sites excluding steroid dienone is 3. The Labute approximate surface area is 139 Å². The van der Waals surface area contributed by atoms with Crippen molar-refractivity contribution in [3.63, 3.8) is 0 Å². The van der Waals surface area contributed by atoms with Gasteiger partial charge in [0.2, 0.25) is 4.87 Å². The minimum absolute atomic E-state index is 0.331. The Balaban J connectivity index is 2.15. The molecule has 0 N–H and O–H groups in total. The van der Waals surface area contributed by atoms with Crippen molar-refractivity contribution < 1.29 is 18.7 Å². The lowest BCUT2D eigenvalue weighted by Gasteiger charge is -2.38. The smallest absolute Gasteiger partial charge is 0.335 e. The summed E-state index contributed by atoms with van der Waals surface area (Å²) in [6, 6.07) is 6.07. The predicted molar refractivity (Wildman–Crippen MR) is 85.6 cm³/mol. The van der Waals surface area contributed by atoms with Crippen LogP contribution in [0.4, 0.5) is 4.39 Å². The SMILES string of the molecule is COC(=O)C1(Cl)C(OC)=CC=C(C2CC2)C1c1ccc(F)cc1. The van der Waals surface area contributed by atoms with Crippen molar-refractivity contribution in [1.29, 1.82) is 0 Å². The van der Waals surface area contributed by atoms with E-state index in [9.17, 15) is 9.18 Å². The van der Waals surface area contributed by atoms with Crippen LogP contribution < -0.4 is 0 Å². The molecule has 0 amide bonds. The minimum atomic E-state index is -1.48. The second-order valence-corrected chi connectivity index (χ2v) is 6.46. The highest BCUT2D eigenvalue weighted by molar-refractivity contribution is 6.37. The lowest BCUT2D eigenvalue weighted by atomic mass is 9.74. The molecule has 2 unspecified atom stereocenters. The molecule has 0 radical (unpaired) electrons. The van der Waals surface area contributed by atoms with E-state index in [1.807, 2.05) is 6.08 Å². The standard InChI is InChI=1S/C18H18ClFO3/c1-22-15-10-9-14(11-3-4-11)16(18(15,19)17(21)23-2)12-5-7-13(20)8-6-12/h5-11,16H,3-4H2,1-2H3. The van der Waals surface area contributed by atoms with Crippen LogP contribution in [0.3, 0.4) is 0 Å². The number of rotatable bonds is 4. The Hall–Kier alpha value is -1.81. The molecule has 1 saturated carbocycles. The highest BCUT2D eigenvalue weighted by atomic mass is 35.5. The van der Waals surface area contributed by atoms with Crippen LogP contribution in [-0.4, -0.2) is 25.1 Å². The van der Waals surface area contributed by atoms with Crippen LogP contribution in [0.1, 0.15) is 24.3 Å². The third-order valence-corrected chi connectivity index (χ3v) is 5.03. The first kappa shape index (κ1) is 16.1. The van der Waals surface area contributed by atoms with E-state index in [0.717, 1.165) is 24.0 Å². The molecule has 2 aliphatic rings. The second-order valence-electron chi connectivity index (χ2n) is 5.86. The average Bonchev–Trinajstić information content (AvgIpc) is 3.39. The van der Waals surface area contributed by atoms with Gasteiger partial charge in [0.25, 0.3) is 0 Å². The van der Waals surface area contributed by atoms with Gasteiger partial charge in [-0.25, -0.2) is 9.18 Å². The highest BCUT2D eigenvalue weighted by Gasteiger charge is 2.55. The van der Waals surface area contributed by atoms with Crippen molar-refractivity contribution in [2.45, 2.75) is 23.6 Å². The Morgan fingerprint density at radius 2 is 1.87 bits per heavy atom. The van der Waals surface area contributed by atoms with Gasteiger partial charge >= 0.3 is 5.97 Å². The summed E-state index contributed by atoms with van der Waals surface area (Å²) >= 11 is 6.80. The van der Waals surface area contributed by atoms with Gasteiger partial charge < -0.3 is 9.47 Å². The first-order chi connectivity index (χ1) is 11.0. The number of halogens is 2. The summed E-state index contributed by atoms with van der Waals surface area (Å²) in [5, 5.41) is 0. The normalized spacial score (nSPS) is 27.0. The van der Waals surface area contributed by atoms with Crippen molar-refractivity contribution in [2.75, 3.05) is 14.2 Å². The molecule has 2 aliphatic carbocycles. The summed E-state index contributed by atoms with van der Waals surface area (Å²) in [6.07, 6.45) is 5.83. The molecule has 0 heterocycles. The van der Waals surface area contributed by atoms with Crippen molar-refractivity contribution in [3.8, 4) is 0 Å². The molecule has 0 aromatic heterocycles. The van der Waals surface area contributed by atoms with E-state index in [1.165, 1.54) is 26.4 Å². The van der Waals surface area contributed by atoms with Crippen LogP contribution in [0.25, 0.3) is 0 Å². The van der Waals surface area contributed by atoms with Gasteiger partial charge in [-0.05, 0) is 42.5 Å². The van der Waals surface area contributed by atoms with Crippen LogP contribution in [0, 0.1) is 11.7 Å². The fraction of sp³-hybridized carbons (Fsp3) is 0.389. The summed E-state index contributed by atoms with van der Waals surface area (Å²) < 4.78 is 23.6. The van der Waals surface area contributed by atoms with Gasteiger partial charge in [0.15, 0.2) is 0 Å². The number of esters is 1. The van der Waals surface area contributed by atoms with Crippen LogP contribution in [0.15, 0.2) is 47.7 Å². The zero-order chi connectivity index (χ0) is 16.6. The molecule has 1 fully saturated rings. The third kappa shape index (κ3) is 2.65. The lowest BCUT2D eigenvalue weighted by Crippen LogP contribution is -2.45. The largest absolute Gasteiger partial charge is 0.499 e. The van der Waals surface area contributed by atoms with E-state index < -0.39 is 16.8 Å². The molecule has 1 aromatic rings. The number of alkyl halides is 1. The van der Waals surface area contributed by atoms with Gasteiger partial charge in [-0.2, -0.15) is 0 Å². The quantitative estimate of drug-likeness (QED) is 0.617. The van der Waals surface area contributed by atoms with E-state index in [1.54, 1.807) is 18.2 Å². The Morgan fingerprint density at radius 3 is 2.39 bits per heavy atom. The van der Waals surface area contributed by atoms with Gasteiger partial charge in [0, 0.05) is 5.92 Å². The summed E-state index contributed by atoms with van der Waals surface area (Å²) in [6.45, 7) is 0. The van der Waals surface area contributed by atoms with E-state index >= 15 is 0 Å². The van der Waals surface area contributed by atoms with E-state index in [2.05, 4.69) is 0 Å². The molecule has 3 rings (SSSR count). The molecule has 0 bridgehead atoms. The van der Waals surface area contributed by atoms with Crippen LogP contribution in [0.5, 0.6) is 0 Å². The summed E-state index contributed by atoms with van der Waals surface area (Å²) in [5.74, 6) is -0.619. The van der Waals surface area contributed by atoms with Gasteiger partial charge in [-0.1, -0.05) is 35.4 Å². The average molecular weight is 337 g/mol. The summed E-state index contributed by atoms with van der Waals surface area (Å²) in [7, 11) is 2.78.